The van der Waals surface area contributed by atoms with Crippen LogP contribution in [0.25, 0.3) is 11.1 Å². The van der Waals surface area contributed by atoms with Gasteiger partial charge < -0.3 is 30.9 Å². The standard InChI is InChI=1S/C38H46F2N6O5S.C2HF3O2/c1-38(2,3)37(31-20-27(29-21-28(39)10-11-30(29)40)23-44(31)22-26-8-5-4-6-9-26)45(18-7-15-41)36(51)25-52-19-14-32(47)42-16-17-43-33(48)24-46-34(49)12-13-35(46)50;3-2(4,5)1(6)7/h4-6,8-13,20-21,23,37H,7,14-19,22,24-25,41H2,1-3H3,(H,42,47)(H,43,48);(H,6,7)/t37-;/m0./s1. The minimum atomic E-state index is -5.08. The van der Waals surface area contributed by atoms with Gasteiger partial charge in [0.05, 0.1) is 11.8 Å². The van der Waals surface area contributed by atoms with Crippen LogP contribution in [0, 0.1) is 17.0 Å². The lowest BCUT2D eigenvalue weighted by Gasteiger charge is -2.41. The van der Waals surface area contributed by atoms with Gasteiger partial charge in [0.2, 0.25) is 17.7 Å². The fourth-order valence-electron chi connectivity index (χ4n) is 5.96. The van der Waals surface area contributed by atoms with Crippen LogP contribution in [0.15, 0.2) is 72.9 Å². The highest BCUT2D eigenvalue weighted by molar-refractivity contribution is 7.99. The van der Waals surface area contributed by atoms with Crippen LogP contribution in [0.5, 0.6) is 0 Å². The molecule has 0 spiro atoms. The Morgan fingerprint density at radius 2 is 1.53 bits per heavy atom. The maximum absolute atomic E-state index is 15.0. The Morgan fingerprint density at radius 3 is 2.10 bits per heavy atom. The van der Waals surface area contributed by atoms with Gasteiger partial charge in [0.1, 0.15) is 18.2 Å². The third-order valence-corrected chi connectivity index (χ3v) is 9.56. The van der Waals surface area contributed by atoms with Crippen LogP contribution in [0.1, 0.15) is 50.9 Å². The van der Waals surface area contributed by atoms with Gasteiger partial charge in [-0.25, -0.2) is 13.6 Å². The Kier molecular flexibility index (Phi) is 17.8. The lowest BCUT2D eigenvalue weighted by molar-refractivity contribution is -0.192. The Balaban J connectivity index is 0.00000122. The number of benzene rings is 2. The SMILES string of the molecule is CC(C)(C)[C@H](c1cc(-c2cc(F)ccc2F)cn1Cc1ccccc1)N(CCCN)C(=O)CSCCC(=O)NCCNC(=O)CN1C(=O)C=CC1=O.O=C(O)C(F)(F)F. The highest BCUT2D eigenvalue weighted by atomic mass is 32.2. The Labute approximate surface area is 342 Å². The summed E-state index contributed by atoms with van der Waals surface area (Å²) < 4.78 is 63.1. The summed E-state index contributed by atoms with van der Waals surface area (Å²) in [5.74, 6) is -5.41. The van der Waals surface area contributed by atoms with Crippen molar-refractivity contribution in [2.75, 3.05) is 44.2 Å². The number of nitrogens with one attached hydrogen (secondary N) is 2. The van der Waals surface area contributed by atoms with Crippen molar-refractivity contribution in [3.05, 3.63) is 95.8 Å². The predicted molar refractivity (Wildman–Crippen MR) is 210 cm³/mol. The van der Waals surface area contributed by atoms with Crippen LogP contribution in [-0.2, 0) is 35.3 Å². The molecule has 19 heteroatoms. The Morgan fingerprint density at radius 1 is 0.915 bits per heavy atom. The van der Waals surface area contributed by atoms with E-state index < -0.39 is 59.5 Å². The summed E-state index contributed by atoms with van der Waals surface area (Å²) in [6.45, 7) is 7.16. The number of carboxylic acids is 1. The van der Waals surface area contributed by atoms with Gasteiger partial charge in [-0.15, -0.1) is 0 Å². The molecule has 4 rings (SSSR count). The largest absolute Gasteiger partial charge is 0.490 e. The molecule has 1 aromatic heterocycles. The number of aliphatic carboxylic acids is 1. The van der Waals surface area contributed by atoms with E-state index in [-0.39, 0.29) is 42.6 Å². The van der Waals surface area contributed by atoms with Crippen LogP contribution >= 0.6 is 11.8 Å². The first kappa shape index (κ1) is 47.8. The number of carboxylic acid groups (broad SMARTS) is 1. The number of aromatic nitrogens is 1. The minimum Gasteiger partial charge on any atom is -0.475 e. The molecule has 1 atom stereocenters. The molecule has 1 aliphatic heterocycles. The van der Waals surface area contributed by atoms with Gasteiger partial charge in [-0.2, -0.15) is 24.9 Å². The zero-order chi connectivity index (χ0) is 43.9. The van der Waals surface area contributed by atoms with Gasteiger partial charge in [-0.1, -0.05) is 51.1 Å². The van der Waals surface area contributed by atoms with Gasteiger partial charge in [0, 0.05) is 73.5 Å². The number of hydrogen-bond acceptors (Lipinski definition) is 8. The molecule has 0 saturated heterocycles. The van der Waals surface area contributed by atoms with Crippen molar-refractivity contribution < 1.29 is 55.8 Å². The summed E-state index contributed by atoms with van der Waals surface area (Å²) in [7, 11) is 0. The van der Waals surface area contributed by atoms with Crippen LogP contribution in [0.3, 0.4) is 0 Å². The summed E-state index contributed by atoms with van der Waals surface area (Å²) in [5.41, 5.74) is 7.83. The smallest absolute Gasteiger partial charge is 0.475 e. The summed E-state index contributed by atoms with van der Waals surface area (Å²) in [5, 5.41) is 12.4. The molecule has 5 N–H and O–H groups in total. The minimum absolute atomic E-state index is 0.105. The van der Waals surface area contributed by atoms with Crippen molar-refractivity contribution in [2.24, 2.45) is 11.1 Å². The number of alkyl halides is 3. The number of nitrogens with two attached hydrogens (primary N) is 1. The van der Waals surface area contributed by atoms with E-state index in [1.807, 2.05) is 66.6 Å². The molecular formula is C40H47F5N6O7S. The number of imide groups is 1. The summed E-state index contributed by atoms with van der Waals surface area (Å²) in [6, 6.07) is 14.5. The number of amides is 5. The predicted octanol–water partition coefficient (Wildman–Crippen LogP) is 4.66. The number of carbonyl (C=O) groups excluding carboxylic acids is 5. The average Bonchev–Trinajstić information content (AvgIpc) is 3.71. The quantitative estimate of drug-likeness (QED) is 0.0804. The molecule has 2 heterocycles. The van der Waals surface area contributed by atoms with Gasteiger partial charge in [-0.05, 0) is 48.2 Å². The number of nitrogens with zero attached hydrogens (tertiary/aromatic N) is 3. The van der Waals surface area contributed by atoms with Gasteiger partial charge in [0.25, 0.3) is 11.8 Å². The third-order valence-electron chi connectivity index (χ3n) is 8.61. The lowest BCUT2D eigenvalue weighted by atomic mass is 9.83. The van der Waals surface area contributed by atoms with E-state index in [1.165, 1.54) is 17.8 Å². The second-order valence-electron chi connectivity index (χ2n) is 14.3. The molecule has 2 aromatic carbocycles. The molecule has 1 aliphatic rings. The molecule has 320 valence electrons. The van der Waals surface area contributed by atoms with Crippen molar-refractivity contribution in [1.29, 1.82) is 0 Å². The zero-order valence-electron chi connectivity index (χ0n) is 32.7. The first-order valence-electron chi connectivity index (χ1n) is 18.4. The molecular weight excluding hydrogens is 804 g/mol. The molecule has 59 heavy (non-hydrogen) atoms. The van der Waals surface area contributed by atoms with Crippen LogP contribution in [-0.4, -0.2) is 105 Å². The molecule has 5 amide bonds. The molecule has 0 unspecified atom stereocenters. The van der Waals surface area contributed by atoms with Crippen molar-refractivity contribution in [3.8, 4) is 11.1 Å². The van der Waals surface area contributed by atoms with Crippen LogP contribution in [0.4, 0.5) is 22.0 Å². The molecule has 0 radical (unpaired) electrons. The molecule has 0 aliphatic carbocycles. The highest BCUT2D eigenvalue weighted by Crippen LogP contribution is 2.41. The van der Waals surface area contributed by atoms with Gasteiger partial charge in [-0.3, -0.25) is 28.9 Å². The van der Waals surface area contributed by atoms with E-state index in [0.29, 0.717) is 37.4 Å². The number of rotatable bonds is 18. The Bertz CT molecular complexity index is 1970. The van der Waals surface area contributed by atoms with Crippen molar-refractivity contribution in [1.82, 2.24) is 25.0 Å². The van der Waals surface area contributed by atoms with E-state index in [4.69, 9.17) is 15.6 Å². The second-order valence-corrected chi connectivity index (χ2v) is 15.4. The first-order valence-corrected chi connectivity index (χ1v) is 19.5. The van der Waals surface area contributed by atoms with E-state index in [9.17, 15) is 41.5 Å². The first-order chi connectivity index (χ1) is 27.7. The Hall–Kier alpha value is -5.56. The number of hydrogen-bond donors (Lipinski definition) is 4. The van der Waals surface area contributed by atoms with Crippen LogP contribution in [0.2, 0.25) is 0 Å². The molecule has 0 saturated carbocycles. The number of halogens is 5. The number of thioether (sulfide) groups is 1. The fourth-order valence-corrected chi connectivity index (χ4v) is 6.77. The topological polar surface area (TPSA) is 184 Å². The van der Waals surface area contributed by atoms with Crippen molar-refractivity contribution in [3.63, 3.8) is 0 Å². The van der Waals surface area contributed by atoms with E-state index in [1.54, 1.807) is 6.20 Å². The van der Waals surface area contributed by atoms with E-state index in [0.717, 1.165) is 40.4 Å². The van der Waals surface area contributed by atoms with Crippen LogP contribution < -0.4 is 16.4 Å². The van der Waals surface area contributed by atoms with Gasteiger partial charge >= 0.3 is 12.1 Å². The molecule has 3 aromatic rings. The zero-order valence-corrected chi connectivity index (χ0v) is 33.5. The maximum Gasteiger partial charge on any atom is 0.490 e. The normalized spacial score (nSPS) is 13.1. The number of carbonyl (C=O) groups is 6. The van der Waals surface area contributed by atoms with Crippen molar-refractivity contribution >= 4 is 47.3 Å². The summed E-state index contributed by atoms with van der Waals surface area (Å²) in [6.07, 6.45) is -0.391. The highest BCUT2D eigenvalue weighted by Gasteiger charge is 2.39. The van der Waals surface area contributed by atoms with Crippen molar-refractivity contribution in [2.45, 2.75) is 52.4 Å². The molecule has 0 bridgehead atoms. The second kappa shape index (κ2) is 22.0. The fraction of sp³-hybridized carbons (Fsp3) is 0.400. The summed E-state index contributed by atoms with van der Waals surface area (Å²) >= 11 is 1.32. The van der Waals surface area contributed by atoms with E-state index in [2.05, 4.69) is 10.6 Å². The molecule has 0 fully saturated rings. The van der Waals surface area contributed by atoms with Gasteiger partial charge in [0.15, 0.2) is 0 Å². The summed E-state index contributed by atoms with van der Waals surface area (Å²) in [4.78, 5) is 73.2. The third kappa shape index (κ3) is 15.0. The lowest BCUT2D eigenvalue weighted by Crippen LogP contribution is -2.44. The molecule has 13 nitrogen and oxygen atoms in total. The average molecular weight is 851 g/mol. The van der Waals surface area contributed by atoms with E-state index >= 15 is 4.39 Å². The maximum atomic E-state index is 15.0. The monoisotopic (exact) mass is 850 g/mol.